The van der Waals surface area contributed by atoms with Gasteiger partial charge in [-0.3, -0.25) is 4.57 Å². The smallest absolute Gasteiger partial charge is 0.123 e. The van der Waals surface area contributed by atoms with Gasteiger partial charge in [-0.15, -0.1) is 10.2 Å². The molecule has 0 aliphatic heterocycles. The summed E-state index contributed by atoms with van der Waals surface area (Å²) in [7, 11) is 0. The molecule has 0 saturated heterocycles. The highest BCUT2D eigenvalue weighted by Crippen LogP contribution is 2.14. The Morgan fingerprint density at radius 2 is 2.00 bits per heavy atom. The highest BCUT2D eigenvalue weighted by molar-refractivity contribution is 5.42. The minimum Gasteiger partial charge on any atom is -0.326 e. The van der Waals surface area contributed by atoms with E-state index in [2.05, 4.69) is 23.2 Å². The first kappa shape index (κ1) is 8.90. The normalized spacial score (nSPS) is 10.4. The SMILES string of the molecule is Cc1cc(CN)ccc1-n1cnnc1. The summed E-state index contributed by atoms with van der Waals surface area (Å²) in [5, 5.41) is 7.54. The number of hydrogen-bond acceptors (Lipinski definition) is 3. The summed E-state index contributed by atoms with van der Waals surface area (Å²) < 4.78 is 1.88. The number of benzene rings is 1. The number of aryl methyl sites for hydroxylation is 1. The van der Waals surface area contributed by atoms with Crippen molar-refractivity contribution in [3.8, 4) is 5.69 Å². The van der Waals surface area contributed by atoms with E-state index in [-0.39, 0.29) is 0 Å². The van der Waals surface area contributed by atoms with E-state index in [1.807, 2.05) is 16.7 Å². The quantitative estimate of drug-likeness (QED) is 0.766. The molecule has 2 N–H and O–H groups in total. The van der Waals surface area contributed by atoms with Gasteiger partial charge in [0.2, 0.25) is 0 Å². The Hall–Kier alpha value is -1.68. The Morgan fingerprint density at radius 1 is 1.29 bits per heavy atom. The minimum atomic E-state index is 0.573. The van der Waals surface area contributed by atoms with Crippen molar-refractivity contribution in [1.82, 2.24) is 14.8 Å². The van der Waals surface area contributed by atoms with Gasteiger partial charge in [-0.05, 0) is 24.1 Å². The van der Waals surface area contributed by atoms with Crippen molar-refractivity contribution in [2.75, 3.05) is 0 Å². The van der Waals surface area contributed by atoms with Crippen molar-refractivity contribution in [1.29, 1.82) is 0 Å². The Labute approximate surface area is 82.4 Å². The van der Waals surface area contributed by atoms with Crippen LogP contribution in [0.3, 0.4) is 0 Å². The van der Waals surface area contributed by atoms with Crippen molar-refractivity contribution in [2.24, 2.45) is 5.73 Å². The zero-order valence-electron chi connectivity index (χ0n) is 8.01. The number of nitrogens with zero attached hydrogens (tertiary/aromatic N) is 3. The highest BCUT2D eigenvalue weighted by atomic mass is 15.2. The van der Waals surface area contributed by atoms with Gasteiger partial charge in [0.05, 0.1) is 5.69 Å². The van der Waals surface area contributed by atoms with Gasteiger partial charge in [-0.2, -0.15) is 0 Å². The second-order valence-corrected chi connectivity index (χ2v) is 3.19. The van der Waals surface area contributed by atoms with Gasteiger partial charge in [0.15, 0.2) is 0 Å². The van der Waals surface area contributed by atoms with Crippen molar-refractivity contribution in [3.63, 3.8) is 0 Å². The first-order valence-electron chi connectivity index (χ1n) is 4.46. The fourth-order valence-corrected chi connectivity index (χ4v) is 1.46. The lowest BCUT2D eigenvalue weighted by molar-refractivity contribution is 1.02. The van der Waals surface area contributed by atoms with Crippen LogP contribution in [0.2, 0.25) is 0 Å². The number of aromatic nitrogens is 3. The van der Waals surface area contributed by atoms with E-state index >= 15 is 0 Å². The second kappa shape index (κ2) is 3.59. The van der Waals surface area contributed by atoms with E-state index in [0.29, 0.717) is 6.54 Å². The predicted molar refractivity (Wildman–Crippen MR) is 54.0 cm³/mol. The zero-order chi connectivity index (χ0) is 9.97. The van der Waals surface area contributed by atoms with Crippen LogP contribution in [-0.2, 0) is 6.54 Å². The molecule has 72 valence electrons. The van der Waals surface area contributed by atoms with Crippen LogP contribution in [-0.4, -0.2) is 14.8 Å². The summed E-state index contributed by atoms with van der Waals surface area (Å²) in [5.74, 6) is 0. The van der Waals surface area contributed by atoms with Gasteiger partial charge >= 0.3 is 0 Å². The molecule has 0 atom stereocenters. The third-order valence-corrected chi connectivity index (χ3v) is 2.19. The van der Waals surface area contributed by atoms with Crippen LogP contribution >= 0.6 is 0 Å². The summed E-state index contributed by atoms with van der Waals surface area (Å²) in [6, 6.07) is 6.12. The molecule has 0 fully saturated rings. The maximum Gasteiger partial charge on any atom is 0.123 e. The minimum absolute atomic E-state index is 0.573. The fourth-order valence-electron chi connectivity index (χ4n) is 1.46. The third-order valence-electron chi connectivity index (χ3n) is 2.19. The Balaban J connectivity index is 2.46. The maximum absolute atomic E-state index is 5.56. The van der Waals surface area contributed by atoms with Crippen LogP contribution < -0.4 is 5.73 Å². The van der Waals surface area contributed by atoms with Crippen LogP contribution in [0.25, 0.3) is 5.69 Å². The van der Waals surface area contributed by atoms with E-state index in [1.165, 1.54) is 5.56 Å². The molecule has 1 aromatic carbocycles. The van der Waals surface area contributed by atoms with Gasteiger partial charge in [0, 0.05) is 6.54 Å². The summed E-state index contributed by atoms with van der Waals surface area (Å²) in [6.07, 6.45) is 3.37. The highest BCUT2D eigenvalue weighted by Gasteiger charge is 2.01. The largest absolute Gasteiger partial charge is 0.326 e. The molecule has 0 radical (unpaired) electrons. The average Bonchev–Trinajstić information content (AvgIpc) is 2.70. The van der Waals surface area contributed by atoms with Crippen molar-refractivity contribution in [3.05, 3.63) is 42.0 Å². The first-order chi connectivity index (χ1) is 6.81. The van der Waals surface area contributed by atoms with E-state index in [9.17, 15) is 0 Å². The molecule has 0 unspecified atom stereocenters. The standard InChI is InChI=1S/C10H12N4/c1-8-4-9(5-11)2-3-10(8)14-6-12-13-7-14/h2-4,6-7H,5,11H2,1H3. The summed E-state index contributed by atoms with van der Waals surface area (Å²) >= 11 is 0. The maximum atomic E-state index is 5.56. The molecular formula is C10H12N4. The lowest BCUT2D eigenvalue weighted by Crippen LogP contribution is -1.99. The summed E-state index contributed by atoms with van der Waals surface area (Å²) in [4.78, 5) is 0. The molecule has 2 aromatic rings. The Morgan fingerprint density at radius 3 is 2.57 bits per heavy atom. The van der Waals surface area contributed by atoms with Gasteiger partial charge in [0.1, 0.15) is 12.7 Å². The van der Waals surface area contributed by atoms with E-state index < -0.39 is 0 Å². The molecule has 0 aliphatic carbocycles. The molecule has 0 aliphatic rings. The predicted octanol–water partition coefficient (Wildman–Crippen LogP) is 1.03. The number of rotatable bonds is 2. The molecule has 0 spiro atoms. The summed E-state index contributed by atoms with van der Waals surface area (Å²) in [5.41, 5.74) is 8.96. The molecule has 1 aromatic heterocycles. The molecule has 1 heterocycles. The third kappa shape index (κ3) is 1.52. The van der Waals surface area contributed by atoms with Crippen molar-refractivity contribution in [2.45, 2.75) is 13.5 Å². The molecule has 0 bridgehead atoms. The molecule has 4 heteroatoms. The number of nitrogens with two attached hydrogens (primary N) is 1. The molecule has 0 saturated carbocycles. The van der Waals surface area contributed by atoms with Crippen LogP contribution in [0, 0.1) is 6.92 Å². The van der Waals surface area contributed by atoms with Crippen LogP contribution in [0.5, 0.6) is 0 Å². The topological polar surface area (TPSA) is 56.7 Å². The monoisotopic (exact) mass is 188 g/mol. The van der Waals surface area contributed by atoms with Crippen LogP contribution in [0.15, 0.2) is 30.9 Å². The molecule has 2 rings (SSSR count). The first-order valence-corrected chi connectivity index (χ1v) is 4.46. The van der Waals surface area contributed by atoms with Gasteiger partial charge in [-0.1, -0.05) is 12.1 Å². The van der Waals surface area contributed by atoms with Gasteiger partial charge < -0.3 is 5.73 Å². The van der Waals surface area contributed by atoms with Gasteiger partial charge in [-0.25, -0.2) is 0 Å². The lowest BCUT2D eigenvalue weighted by Gasteiger charge is -2.07. The van der Waals surface area contributed by atoms with E-state index in [0.717, 1.165) is 11.3 Å². The second-order valence-electron chi connectivity index (χ2n) is 3.19. The van der Waals surface area contributed by atoms with Crippen molar-refractivity contribution >= 4 is 0 Å². The molecular weight excluding hydrogens is 176 g/mol. The van der Waals surface area contributed by atoms with E-state index in [1.54, 1.807) is 12.7 Å². The lowest BCUT2D eigenvalue weighted by atomic mass is 10.1. The van der Waals surface area contributed by atoms with Gasteiger partial charge in [0.25, 0.3) is 0 Å². The Bertz CT molecular complexity index is 420. The summed E-state index contributed by atoms with van der Waals surface area (Å²) in [6.45, 7) is 2.62. The van der Waals surface area contributed by atoms with Crippen LogP contribution in [0.4, 0.5) is 0 Å². The number of hydrogen-bond donors (Lipinski definition) is 1. The van der Waals surface area contributed by atoms with Crippen LogP contribution in [0.1, 0.15) is 11.1 Å². The Kier molecular flexibility index (Phi) is 2.28. The zero-order valence-corrected chi connectivity index (χ0v) is 8.01. The van der Waals surface area contributed by atoms with Crippen molar-refractivity contribution < 1.29 is 0 Å². The van der Waals surface area contributed by atoms with E-state index in [4.69, 9.17) is 5.73 Å². The molecule has 14 heavy (non-hydrogen) atoms. The average molecular weight is 188 g/mol. The fraction of sp³-hybridized carbons (Fsp3) is 0.200. The molecule has 0 amide bonds. The molecule has 4 nitrogen and oxygen atoms in total.